The molecule has 14 heavy (non-hydrogen) atoms. The second-order valence-corrected chi connectivity index (χ2v) is 2.58. The number of nitrogens with two attached hydrogens (primary N) is 1. The first-order chi connectivity index (χ1) is 6.57. The molecule has 0 aliphatic heterocycles. The molecule has 0 heterocycles. The van der Waals surface area contributed by atoms with Crippen LogP contribution in [0.2, 0.25) is 0 Å². The van der Waals surface area contributed by atoms with Crippen molar-refractivity contribution >= 4 is 0 Å². The summed E-state index contributed by atoms with van der Waals surface area (Å²) in [5.41, 5.74) is -0.313. The Hall–Kier alpha value is -1.14. The van der Waals surface area contributed by atoms with Crippen molar-refractivity contribution in [2.75, 3.05) is 6.61 Å². The lowest BCUT2D eigenvalue weighted by atomic mass is 10.1. The largest absolute Gasteiger partial charge is 0.304 e. The lowest BCUT2D eigenvalue weighted by Gasteiger charge is -2.04. The molecule has 6 heteroatoms. The topological polar surface area (TPSA) is 35.2 Å². The number of benzene rings is 1. The van der Waals surface area contributed by atoms with E-state index < -0.39 is 23.3 Å². The van der Waals surface area contributed by atoms with Gasteiger partial charge in [-0.05, 0) is 11.6 Å². The molecule has 0 saturated heterocycles. The fourth-order valence-corrected chi connectivity index (χ4v) is 0.973. The molecule has 1 aromatic rings. The molecule has 0 fully saturated rings. The minimum Gasteiger partial charge on any atom is -0.304 e. The standard InChI is InChI=1S/C8H7F4NO/c9-5-3-4(1-2-14-13)6(10)8(12)7(5)11/h3H,1-2,13H2. The highest BCUT2D eigenvalue weighted by molar-refractivity contribution is 5.21. The van der Waals surface area contributed by atoms with Crippen molar-refractivity contribution in [3.05, 3.63) is 34.9 Å². The highest BCUT2D eigenvalue weighted by Crippen LogP contribution is 2.18. The normalized spacial score (nSPS) is 10.6. The molecule has 1 rings (SSSR count). The van der Waals surface area contributed by atoms with Crippen LogP contribution >= 0.6 is 0 Å². The Morgan fingerprint density at radius 2 is 1.71 bits per heavy atom. The molecule has 1 aromatic carbocycles. The first-order valence-electron chi connectivity index (χ1n) is 3.71. The fourth-order valence-electron chi connectivity index (χ4n) is 0.973. The van der Waals surface area contributed by atoms with E-state index in [0.717, 1.165) is 0 Å². The van der Waals surface area contributed by atoms with Gasteiger partial charge in [0.1, 0.15) is 0 Å². The summed E-state index contributed by atoms with van der Waals surface area (Å²) in [6.45, 7) is -0.110. The van der Waals surface area contributed by atoms with E-state index in [1.165, 1.54) is 0 Å². The van der Waals surface area contributed by atoms with Crippen molar-refractivity contribution in [3.63, 3.8) is 0 Å². The van der Waals surface area contributed by atoms with Crippen LogP contribution in [0.15, 0.2) is 6.07 Å². The van der Waals surface area contributed by atoms with Crippen LogP contribution in [0.5, 0.6) is 0 Å². The fraction of sp³-hybridized carbons (Fsp3) is 0.250. The molecule has 0 bridgehead atoms. The van der Waals surface area contributed by atoms with Gasteiger partial charge < -0.3 is 4.84 Å². The maximum absolute atomic E-state index is 12.9. The predicted octanol–water partition coefficient (Wildman–Crippen LogP) is 1.68. The summed E-state index contributed by atoms with van der Waals surface area (Å²) in [6.07, 6.45) is -0.129. The quantitative estimate of drug-likeness (QED) is 0.355. The van der Waals surface area contributed by atoms with Crippen LogP contribution in [-0.2, 0) is 11.3 Å². The molecule has 0 saturated carbocycles. The smallest absolute Gasteiger partial charge is 0.197 e. The van der Waals surface area contributed by atoms with Gasteiger partial charge in [0, 0.05) is 6.42 Å². The number of halogens is 4. The van der Waals surface area contributed by atoms with Crippen molar-refractivity contribution in [2.45, 2.75) is 6.42 Å². The Morgan fingerprint density at radius 3 is 2.29 bits per heavy atom. The van der Waals surface area contributed by atoms with Crippen molar-refractivity contribution in [1.29, 1.82) is 0 Å². The second kappa shape index (κ2) is 4.39. The van der Waals surface area contributed by atoms with E-state index in [1.54, 1.807) is 0 Å². The maximum atomic E-state index is 12.9. The van der Waals surface area contributed by atoms with Crippen molar-refractivity contribution < 1.29 is 22.4 Å². The number of hydrogen-bond acceptors (Lipinski definition) is 2. The molecule has 0 radical (unpaired) electrons. The van der Waals surface area contributed by atoms with Crippen LogP contribution in [0, 0.1) is 23.3 Å². The van der Waals surface area contributed by atoms with Crippen LogP contribution in [0.3, 0.4) is 0 Å². The Kier molecular flexibility index (Phi) is 3.43. The van der Waals surface area contributed by atoms with Gasteiger partial charge in [-0.1, -0.05) is 0 Å². The van der Waals surface area contributed by atoms with Gasteiger partial charge in [0.15, 0.2) is 23.3 Å². The maximum Gasteiger partial charge on any atom is 0.197 e. The van der Waals surface area contributed by atoms with Gasteiger partial charge in [-0.3, -0.25) is 0 Å². The van der Waals surface area contributed by atoms with Gasteiger partial charge >= 0.3 is 0 Å². The Bertz CT molecular complexity index is 343. The van der Waals surface area contributed by atoms with Gasteiger partial charge in [-0.2, -0.15) is 0 Å². The molecule has 0 atom stereocenters. The molecule has 0 unspecified atom stereocenters. The van der Waals surface area contributed by atoms with Gasteiger partial charge in [0.25, 0.3) is 0 Å². The first kappa shape index (κ1) is 10.9. The summed E-state index contributed by atoms with van der Waals surface area (Å²) >= 11 is 0. The molecular weight excluding hydrogens is 202 g/mol. The third-order valence-electron chi connectivity index (χ3n) is 1.67. The minimum atomic E-state index is -1.82. The van der Waals surface area contributed by atoms with Crippen LogP contribution in [0.25, 0.3) is 0 Å². The summed E-state index contributed by atoms with van der Waals surface area (Å²) in [5, 5.41) is 0. The average molecular weight is 209 g/mol. The zero-order valence-electron chi connectivity index (χ0n) is 6.99. The van der Waals surface area contributed by atoms with Gasteiger partial charge in [0.2, 0.25) is 0 Å². The first-order valence-corrected chi connectivity index (χ1v) is 3.71. The molecular formula is C8H7F4NO. The molecule has 78 valence electrons. The summed E-state index contributed by atoms with van der Waals surface area (Å²) < 4.78 is 50.5. The average Bonchev–Trinajstić information content (AvgIpc) is 2.18. The van der Waals surface area contributed by atoms with E-state index in [9.17, 15) is 17.6 Å². The van der Waals surface area contributed by atoms with E-state index >= 15 is 0 Å². The number of hydrogen-bond donors (Lipinski definition) is 1. The Labute approximate surface area is 77.2 Å². The monoisotopic (exact) mass is 209 g/mol. The van der Waals surface area contributed by atoms with Crippen LogP contribution < -0.4 is 5.90 Å². The van der Waals surface area contributed by atoms with E-state index in [0.29, 0.717) is 6.07 Å². The molecule has 0 aromatic heterocycles. The van der Waals surface area contributed by atoms with Crippen LogP contribution in [0.4, 0.5) is 17.6 Å². The van der Waals surface area contributed by atoms with Crippen molar-refractivity contribution in [1.82, 2.24) is 0 Å². The highest BCUT2D eigenvalue weighted by atomic mass is 19.2. The molecule has 0 aliphatic carbocycles. The van der Waals surface area contributed by atoms with E-state index in [4.69, 9.17) is 0 Å². The molecule has 2 nitrogen and oxygen atoms in total. The highest BCUT2D eigenvalue weighted by Gasteiger charge is 2.18. The van der Waals surface area contributed by atoms with Gasteiger partial charge in [-0.25, -0.2) is 23.5 Å². The SMILES string of the molecule is NOCCc1cc(F)c(F)c(F)c1F. The summed E-state index contributed by atoms with van der Waals surface area (Å²) in [5.74, 6) is -1.84. The molecule has 0 amide bonds. The second-order valence-electron chi connectivity index (χ2n) is 2.58. The van der Waals surface area contributed by atoms with Crippen LogP contribution in [-0.4, -0.2) is 6.61 Å². The third-order valence-corrected chi connectivity index (χ3v) is 1.67. The number of rotatable bonds is 3. The van der Waals surface area contributed by atoms with Gasteiger partial charge in [0.05, 0.1) is 6.61 Å². The van der Waals surface area contributed by atoms with E-state index in [-0.39, 0.29) is 18.6 Å². The predicted molar refractivity (Wildman–Crippen MR) is 40.1 cm³/mol. The molecule has 0 spiro atoms. The van der Waals surface area contributed by atoms with E-state index in [2.05, 4.69) is 10.7 Å². The van der Waals surface area contributed by atoms with Crippen molar-refractivity contribution in [2.24, 2.45) is 5.90 Å². The van der Waals surface area contributed by atoms with Gasteiger partial charge in [-0.15, -0.1) is 0 Å². The van der Waals surface area contributed by atoms with Crippen LogP contribution in [0.1, 0.15) is 5.56 Å². The summed E-state index contributed by atoms with van der Waals surface area (Å²) in [4.78, 5) is 4.11. The third kappa shape index (κ3) is 2.02. The zero-order valence-corrected chi connectivity index (χ0v) is 6.99. The lowest BCUT2D eigenvalue weighted by molar-refractivity contribution is 0.140. The summed E-state index contributed by atoms with van der Waals surface area (Å²) in [7, 11) is 0. The Balaban J connectivity index is 3.06. The van der Waals surface area contributed by atoms with Crippen molar-refractivity contribution in [3.8, 4) is 0 Å². The molecule has 2 N–H and O–H groups in total. The lowest BCUT2D eigenvalue weighted by Crippen LogP contribution is -2.08. The molecule has 0 aliphatic rings. The summed E-state index contributed by atoms with van der Waals surface area (Å²) in [6, 6.07) is 0.576. The minimum absolute atomic E-state index is 0.110. The Morgan fingerprint density at radius 1 is 1.07 bits per heavy atom. The zero-order chi connectivity index (χ0) is 10.7. The van der Waals surface area contributed by atoms with E-state index in [1.807, 2.05) is 0 Å².